The zero-order valence-corrected chi connectivity index (χ0v) is 8.96. The SMILES string of the molecule is CNC(CO)COc1cccc(C)c1F. The molecule has 1 rings (SSSR count). The highest BCUT2D eigenvalue weighted by molar-refractivity contribution is 5.30. The summed E-state index contributed by atoms with van der Waals surface area (Å²) < 4.78 is 18.7. The molecule has 0 fully saturated rings. The predicted molar refractivity (Wildman–Crippen MR) is 56.6 cm³/mol. The molecular weight excluding hydrogens is 197 g/mol. The lowest BCUT2D eigenvalue weighted by Gasteiger charge is -2.15. The number of aliphatic hydroxyl groups is 1. The number of ether oxygens (including phenoxy) is 1. The Kier molecular flexibility index (Phi) is 4.52. The van der Waals surface area contributed by atoms with Crippen LogP contribution in [-0.2, 0) is 0 Å². The van der Waals surface area contributed by atoms with E-state index in [2.05, 4.69) is 5.32 Å². The van der Waals surface area contributed by atoms with Crippen LogP contribution in [0.2, 0.25) is 0 Å². The number of aryl methyl sites for hydroxylation is 1. The van der Waals surface area contributed by atoms with E-state index in [0.717, 1.165) is 0 Å². The average Bonchev–Trinajstić information content (AvgIpc) is 2.25. The fraction of sp³-hybridized carbons (Fsp3) is 0.455. The lowest BCUT2D eigenvalue weighted by Crippen LogP contribution is -2.35. The molecule has 0 bridgehead atoms. The van der Waals surface area contributed by atoms with E-state index in [0.29, 0.717) is 5.56 Å². The number of benzene rings is 1. The van der Waals surface area contributed by atoms with Crippen LogP contribution in [0, 0.1) is 12.7 Å². The van der Waals surface area contributed by atoms with E-state index in [1.807, 2.05) is 0 Å². The van der Waals surface area contributed by atoms with E-state index in [1.54, 1.807) is 32.2 Å². The van der Waals surface area contributed by atoms with Crippen LogP contribution >= 0.6 is 0 Å². The second kappa shape index (κ2) is 5.68. The molecule has 2 N–H and O–H groups in total. The molecule has 1 unspecified atom stereocenters. The van der Waals surface area contributed by atoms with Crippen LogP contribution < -0.4 is 10.1 Å². The minimum absolute atomic E-state index is 0.0378. The molecule has 4 heteroatoms. The van der Waals surface area contributed by atoms with Gasteiger partial charge >= 0.3 is 0 Å². The van der Waals surface area contributed by atoms with Gasteiger partial charge in [-0.15, -0.1) is 0 Å². The smallest absolute Gasteiger partial charge is 0.167 e. The summed E-state index contributed by atoms with van der Waals surface area (Å²) in [4.78, 5) is 0. The summed E-state index contributed by atoms with van der Waals surface area (Å²) in [5.74, 6) is -0.117. The molecule has 0 aromatic heterocycles. The summed E-state index contributed by atoms with van der Waals surface area (Å²) in [6.07, 6.45) is 0. The second-order valence-corrected chi connectivity index (χ2v) is 3.37. The number of aliphatic hydroxyl groups excluding tert-OH is 1. The topological polar surface area (TPSA) is 41.5 Å². The van der Waals surface area contributed by atoms with Crippen molar-refractivity contribution in [1.82, 2.24) is 5.32 Å². The molecule has 1 aromatic carbocycles. The summed E-state index contributed by atoms with van der Waals surface area (Å²) in [5, 5.41) is 11.8. The van der Waals surface area contributed by atoms with Gasteiger partial charge in [0.1, 0.15) is 6.61 Å². The van der Waals surface area contributed by atoms with E-state index in [1.165, 1.54) is 0 Å². The molecule has 0 saturated carbocycles. The quantitative estimate of drug-likeness (QED) is 0.769. The van der Waals surface area contributed by atoms with E-state index < -0.39 is 0 Å². The maximum atomic E-state index is 13.5. The van der Waals surface area contributed by atoms with Gasteiger partial charge in [0.05, 0.1) is 12.6 Å². The van der Waals surface area contributed by atoms with E-state index in [-0.39, 0.29) is 30.8 Å². The van der Waals surface area contributed by atoms with Crippen LogP contribution in [0.15, 0.2) is 18.2 Å². The highest BCUT2D eigenvalue weighted by Crippen LogP contribution is 2.19. The molecule has 0 spiro atoms. The Hall–Kier alpha value is -1.13. The van der Waals surface area contributed by atoms with Crippen molar-refractivity contribution in [2.45, 2.75) is 13.0 Å². The van der Waals surface area contributed by atoms with Crippen molar-refractivity contribution in [3.8, 4) is 5.75 Å². The first kappa shape index (κ1) is 11.9. The number of rotatable bonds is 5. The van der Waals surface area contributed by atoms with Crippen LogP contribution in [0.1, 0.15) is 5.56 Å². The largest absolute Gasteiger partial charge is 0.489 e. The first-order valence-corrected chi connectivity index (χ1v) is 4.85. The third kappa shape index (κ3) is 3.18. The third-order valence-electron chi connectivity index (χ3n) is 2.23. The normalized spacial score (nSPS) is 12.5. The zero-order valence-electron chi connectivity index (χ0n) is 8.96. The average molecular weight is 213 g/mol. The van der Waals surface area contributed by atoms with Crippen molar-refractivity contribution >= 4 is 0 Å². The van der Waals surface area contributed by atoms with Gasteiger partial charge in [-0.1, -0.05) is 12.1 Å². The van der Waals surface area contributed by atoms with Gasteiger partial charge in [0.2, 0.25) is 0 Å². The van der Waals surface area contributed by atoms with E-state index in [4.69, 9.17) is 9.84 Å². The standard InChI is InChI=1S/C11H16FNO2/c1-8-4-3-5-10(11(8)12)15-7-9(6-14)13-2/h3-5,9,13-14H,6-7H2,1-2H3. The summed E-state index contributed by atoms with van der Waals surface area (Å²) in [6.45, 7) is 1.89. The predicted octanol–water partition coefficient (Wildman–Crippen LogP) is 1.09. The molecule has 1 aromatic rings. The Morgan fingerprint density at radius 1 is 1.53 bits per heavy atom. The van der Waals surface area contributed by atoms with Gasteiger partial charge in [0.15, 0.2) is 11.6 Å². The summed E-state index contributed by atoms with van der Waals surface area (Å²) >= 11 is 0. The van der Waals surface area contributed by atoms with Crippen LogP contribution in [0.4, 0.5) is 4.39 Å². The molecule has 15 heavy (non-hydrogen) atoms. The van der Waals surface area contributed by atoms with Crippen molar-refractivity contribution < 1.29 is 14.2 Å². The Bertz CT molecular complexity index is 313. The maximum Gasteiger partial charge on any atom is 0.167 e. The molecule has 0 aliphatic carbocycles. The van der Waals surface area contributed by atoms with Crippen LogP contribution in [-0.4, -0.2) is 31.4 Å². The van der Waals surface area contributed by atoms with Gasteiger partial charge in [-0.2, -0.15) is 0 Å². The molecular formula is C11H16FNO2. The first-order valence-electron chi connectivity index (χ1n) is 4.85. The minimum atomic E-state index is -0.342. The number of halogens is 1. The van der Waals surface area contributed by atoms with E-state index >= 15 is 0 Å². The Balaban J connectivity index is 2.61. The Morgan fingerprint density at radius 3 is 2.87 bits per heavy atom. The number of hydrogen-bond acceptors (Lipinski definition) is 3. The lowest BCUT2D eigenvalue weighted by molar-refractivity contribution is 0.185. The van der Waals surface area contributed by atoms with Crippen molar-refractivity contribution in [2.75, 3.05) is 20.3 Å². The second-order valence-electron chi connectivity index (χ2n) is 3.37. The molecule has 0 saturated heterocycles. The van der Waals surface area contributed by atoms with Crippen LogP contribution in [0.5, 0.6) is 5.75 Å². The lowest BCUT2D eigenvalue weighted by atomic mass is 10.2. The number of nitrogens with one attached hydrogen (secondary N) is 1. The zero-order chi connectivity index (χ0) is 11.3. The summed E-state index contributed by atoms with van der Waals surface area (Å²) in [5.41, 5.74) is 0.553. The van der Waals surface area contributed by atoms with Crippen LogP contribution in [0.3, 0.4) is 0 Å². The van der Waals surface area contributed by atoms with Crippen molar-refractivity contribution in [1.29, 1.82) is 0 Å². The molecule has 84 valence electrons. The first-order chi connectivity index (χ1) is 7.19. The highest BCUT2D eigenvalue weighted by Gasteiger charge is 2.09. The van der Waals surface area contributed by atoms with Gasteiger partial charge in [-0.05, 0) is 25.6 Å². The molecule has 0 radical (unpaired) electrons. The van der Waals surface area contributed by atoms with Gasteiger partial charge in [0, 0.05) is 0 Å². The molecule has 1 atom stereocenters. The van der Waals surface area contributed by atoms with Crippen LogP contribution in [0.25, 0.3) is 0 Å². The molecule has 0 aliphatic rings. The van der Waals surface area contributed by atoms with Crippen molar-refractivity contribution in [3.05, 3.63) is 29.6 Å². The maximum absolute atomic E-state index is 13.5. The third-order valence-corrected chi connectivity index (χ3v) is 2.23. The van der Waals surface area contributed by atoms with E-state index in [9.17, 15) is 4.39 Å². The fourth-order valence-electron chi connectivity index (χ4n) is 1.15. The molecule has 3 nitrogen and oxygen atoms in total. The summed E-state index contributed by atoms with van der Waals surface area (Å²) in [6, 6.07) is 4.82. The minimum Gasteiger partial charge on any atom is -0.489 e. The summed E-state index contributed by atoms with van der Waals surface area (Å²) in [7, 11) is 1.72. The molecule has 0 heterocycles. The highest BCUT2D eigenvalue weighted by atomic mass is 19.1. The fourth-order valence-corrected chi connectivity index (χ4v) is 1.15. The van der Waals surface area contributed by atoms with Crippen molar-refractivity contribution in [3.63, 3.8) is 0 Å². The Labute approximate surface area is 88.9 Å². The Morgan fingerprint density at radius 2 is 2.27 bits per heavy atom. The number of likely N-dealkylation sites (N-methyl/N-ethyl adjacent to an activating group) is 1. The van der Waals surface area contributed by atoms with Gasteiger partial charge in [0.25, 0.3) is 0 Å². The van der Waals surface area contributed by atoms with Crippen molar-refractivity contribution in [2.24, 2.45) is 0 Å². The molecule has 0 amide bonds. The molecule has 0 aliphatic heterocycles. The van der Waals surface area contributed by atoms with Gasteiger partial charge in [-0.25, -0.2) is 4.39 Å². The van der Waals surface area contributed by atoms with Gasteiger partial charge in [-0.3, -0.25) is 0 Å². The monoisotopic (exact) mass is 213 g/mol. The van der Waals surface area contributed by atoms with Gasteiger partial charge < -0.3 is 15.2 Å². The number of hydrogen-bond donors (Lipinski definition) is 2.